The molecule has 0 aliphatic carbocycles. The summed E-state index contributed by atoms with van der Waals surface area (Å²) in [7, 11) is 1.56. The lowest BCUT2D eigenvalue weighted by molar-refractivity contribution is -0.147. The van der Waals surface area contributed by atoms with Crippen LogP contribution in [-0.4, -0.2) is 63.8 Å². The average molecular weight is 605 g/mol. The Balaban J connectivity index is 1.48. The summed E-state index contributed by atoms with van der Waals surface area (Å²) in [6, 6.07) is 22.2. The van der Waals surface area contributed by atoms with Crippen molar-refractivity contribution in [3.63, 3.8) is 0 Å². The van der Waals surface area contributed by atoms with E-state index in [0.29, 0.717) is 12.3 Å². The number of amides is 4. The highest BCUT2D eigenvalue weighted by atomic mass is 32.2. The number of hydrogen-bond donors (Lipinski definition) is 4. The molecule has 43 heavy (non-hydrogen) atoms. The number of aliphatic hydroxyl groups excluding tert-OH is 1. The second-order valence-electron chi connectivity index (χ2n) is 11.1. The predicted molar refractivity (Wildman–Crippen MR) is 169 cm³/mol. The van der Waals surface area contributed by atoms with E-state index in [0.717, 1.165) is 22.3 Å². The van der Waals surface area contributed by atoms with E-state index in [9.17, 15) is 19.5 Å². The van der Waals surface area contributed by atoms with Crippen LogP contribution < -0.4 is 20.7 Å². The van der Waals surface area contributed by atoms with Crippen LogP contribution in [0.4, 0.5) is 4.79 Å². The van der Waals surface area contributed by atoms with Gasteiger partial charge >= 0.3 is 6.03 Å². The van der Waals surface area contributed by atoms with Crippen LogP contribution in [0, 0.1) is 6.92 Å². The standard InChI is InChI=1S/C33H40N4O5S/c1-22-12-8-9-15-24(22)19-34-30(39)29-33(2,3)43-21-37(29)31(40)28(38)26(18-23-13-6-5-7-14-23)36-32(41)35-20-25-16-10-11-17-27(25)42-4/h5-17,26,28-29,38H,18-21H2,1-4H3,(H,34,39)(H2,35,36,41). The van der Waals surface area contributed by atoms with Crippen molar-refractivity contribution in [1.82, 2.24) is 20.9 Å². The SMILES string of the molecule is COc1ccccc1CNC(=O)NC(Cc1ccccc1)C(O)C(=O)N1CSC(C)(C)C1C(=O)NCc1ccccc1C. The molecule has 4 N–H and O–H groups in total. The third-order valence-electron chi connectivity index (χ3n) is 7.67. The lowest BCUT2D eigenvalue weighted by Crippen LogP contribution is -2.59. The molecule has 0 aromatic heterocycles. The zero-order valence-electron chi connectivity index (χ0n) is 25.0. The van der Waals surface area contributed by atoms with Crippen LogP contribution in [0.5, 0.6) is 5.75 Å². The fourth-order valence-electron chi connectivity index (χ4n) is 5.20. The molecule has 0 saturated carbocycles. The first-order valence-electron chi connectivity index (χ1n) is 14.3. The Kier molecular flexibility index (Phi) is 10.7. The Bertz CT molecular complexity index is 1420. The minimum absolute atomic E-state index is 0.192. The van der Waals surface area contributed by atoms with Crippen molar-refractivity contribution in [2.24, 2.45) is 0 Å². The number of carbonyl (C=O) groups excluding carboxylic acids is 3. The summed E-state index contributed by atoms with van der Waals surface area (Å²) in [5.41, 5.74) is 3.67. The summed E-state index contributed by atoms with van der Waals surface area (Å²) in [4.78, 5) is 41.8. The zero-order valence-corrected chi connectivity index (χ0v) is 25.8. The number of nitrogens with one attached hydrogen (secondary N) is 3. The molecule has 1 aliphatic heterocycles. The number of rotatable bonds is 11. The van der Waals surface area contributed by atoms with Gasteiger partial charge in [0.05, 0.1) is 19.0 Å². The van der Waals surface area contributed by atoms with Crippen molar-refractivity contribution in [2.75, 3.05) is 13.0 Å². The number of urea groups is 1. The number of nitrogens with zero attached hydrogens (tertiary/aromatic N) is 1. The quantitative estimate of drug-likeness (QED) is 0.265. The lowest BCUT2D eigenvalue weighted by atomic mass is 9.97. The van der Waals surface area contributed by atoms with E-state index in [4.69, 9.17) is 4.74 Å². The van der Waals surface area contributed by atoms with E-state index in [-0.39, 0.29) is 24.7 Å². The molecular weight excluding hydrogens is 564 g/mol. The van der Waals surface area contributed by atoms with Crippen LogP contribution in [0.25, 0.3) is 0 Å². The molecular formula is C33H40N4O5S. The molecule has 10 heteroatoms. The van der Waals surface area contributed by atoms with Gasteiger partial charge in [-0.05, 0) is 49.9 Å². The summed E-state index contributed by atoms with van der Waals surface area (Å²) in [6.07, 6.45) is -1.37. The summed E-state index contributed by atoms with van der Waals surface area (Å²) in [5, 5.41) is 20.0. The van der Waals surface area contributed by atoms with Crippen LogP contribution >= 0.6 is 11.8 Å². The number of carbonyl (C=O) groups is 3. The molecule has 9 nitrogen and oxygen atoms in total. The highest BCUT2D eigenvalue weighted by Gasteiger charge is 2.49. The molecule has 0 spiro atoms. The van der Waals surface area contributed by atoms with Gasteiger partial charge in [0.15, 0.2) is 6.10 Å². The second kappa shape index (κ2) is 14.4. The van der Waals surface area contributed by atoms with Crippen molar-refractivity contribution in [2.45, 2.75) is 63.2 Å². The molecule has 1 aliphatic rings. The first-order chi connectivity index (χ1) is 20.6. The number of aliphatic hydroxyl groups is 1. The minimum Gasteiger partial charge on any atom is -0.496 e. The van der Waals surface area contributed by atoms with Crippen LogP contribution in [0.1, 0.15) is 36.1 Å². The maximum atomic E-state index is 13.8. The molecule has 3 atom stereocenters. The van der Waals surface area contributed by atoms with E-state index in [1.54, 1.807) is 13.2 Å². The number of para-hydroxylation sites is 1. The third-order valence-corrected chi connectivity index (χ3v) is 9.05. The molecule has 1 fully saturated rings. The van der Waals surface area contributed by atoms with Gasteiger partial charge in [0, 0.05) is 23.4 Å². The Morgan fingerprint density at radius 1 is 0.953 bits per heavy atom. The molecule has 4 rings (SSSR count). The monoisotopic (exact) mass is 604 g/mol. The molecule has 228 valence electrons. The van der Waals surface area contributed by atoms with Gasteiger partial charge in [0.2, 0.25) is 5.91 Å². The topological polar surface area (TPSA) is 120 Å². The maximum absolute atomic E-state index is 13.8. The number of thioether (sulfide) groups is 1. The Hall–Kier alpha value is -4.02. The van der Waals surface area contributed by atoms with Crippen molar-refractivity contribution in [1.29, 1.82) is 0 Å². The molecule has 0 bridgehead atoms. The Morgan fingerprint density at radius 2 is 1.58 bits per heavy atom. The van der Waals surface area contributed by atoms with Gasteiger partial charge < -0.3 is 30.7 Å². The van der Waals surface area contributed by atoms with Crippen LogP contribution in [0.3, 0.4) is 0 Å². The number of ether oxygens (including phenoxy) is 1. The minimum atomic E-state index is -1.58. The first kappa shape index (κ1) is 31.9. The third kappa shape index (κ3) is 8.09. The highest BCUT2D eigenvalue weighted by molar-refractivity contribution is 8.00. The summed E-state index contributed by atoms with van der Waals surface area (Å²) in [5.74, 6) is -0.0237. The largest absolute Gasteiger partial charge is 0.496 e. The zero-order chi connectivity index (χ0) is 31.0. The molecule has 1 heterocycles. The van der Waals surface area contributed by atoms with Crippen molar-refractivity contribution in [3.05, 3.63) is 101 Å². The van der Waals surface area contributed by atoms with Gasteiger partial charge in [-0.2, -0.15) is 0 Å². The van der Waals surface area contributed by atoms with Crippen molar-refractivity contribution < 1.29 is 24.2 Å². The van der Waals surface area contributed by atoms with E-state index < -0.39 is 34.9 Å². The molecule has 4 amide bonds. The summed E-state index contributed by atoms with van der Waals surface area (Å²) >= 11 is 1.48. The maximum Gasteiger partial charge on any atom is 0.315 e. The summed E-state index contributed by atoms with van der Waals surface area (Å²) in [6.45, 7) is 6.34. The fourth-order valence-corrected chi connectivity index (χ4v) is 6.34. The molecule has 1 saturated heterocycles. The van der Waals surface area contributed by atoms with E-state index in [1.807, 2.05) is 93.6 Å². The normalized spacial score (nSPS) is 17.0. The van der Waals surface area contributed by atoms with Crippen molar-refractivity contribution in [3.8, 4) is 5.75 Å². The fraction of sp³-hybridized carbons (Fsp3) is 0.364. The highest BCUT2D eigenvalue weighted by Crippen LogP contribution is 2.40. The first-order valence-corrected chi connectivity index (χ1v) is 15.2. The van der Waals surface area contributed by atoms with E-state index >= 15 is 0 Å². The smallest absolute Gasteiger partial charge is 0.315 e. The van der Waals surface area contributed by atoms with Gasteiger partial charge in [0.25, 0.3) is 5.91 Å². The Labute approximate surface area is 257 Å². The molecule has 3 unspecified atom stereocenters. The van der Waals surface area contributed by atoms with Crippen LogP contribution in [-0.2, 0) is 29.1 Å². The Morgan fingerprint density at radius 3 is 2.28 bits per heavy atom. The van der Waals surface area contributed by atoms with Gasteiger partial charge in [-0.3, -0.25) is 9.59 Å². The predicted octanol–water partition coefficient (Wildman–Crippen LogP) is 3.77. The van der Waals surface area contributed by atoms with Gasteiger partial charge in [-0.1, -0.05) is 72.8 Å². The molecule has 0 radical (unpaired) electrons. The van der Waals surface area contributed by atoms with Gasteiger partial charge in [-0.15, -0.1) is 11.8 Å². The molecule has 3 aromatic rings. The van der Waals surface area contributed by atoms with Crippen molar-refractivity contribution >= 4 is 29.6 Å². The number of hydrogen-bond acceptors (Lipinski definition) is 6. The van der Waals surface area contributed by atoms with Gasteiger partial charge in [0.1, 0.15) is 11.8 Å². The van der Waals surface area contributed by atoms with E-state index in [1.165, 1.54) is 16.7 Å². The number of benzene rings is 3. The second-order valence-corrected chi connectivity index (χ2v) is 12.7. The molecule has 3 aromatic carbocycles. The van der Waals surface area contributed by atoms with Crippen LogP contribution in [0.15, 0.2) is 78.9 Å². The average Bonchev–Trinajstić information content (AvgIpc) is 3.33. The summed E-state index contributed by atoms with van der Waals surface area (Å²) < 4.78 is 4.78. The van der Waals surface area contributed by atoms with Crippen LogP contribution in [0.2, 0.25) is 0 Å². The van der Waals surface area contributed by atoms with Gasteiger partial charge in [-0.25, -0.2) is 4.79 Å². The van der Waals surface area contributed by atoms with E-state index in [2.05, 4.69) is 16.0 Å². The lowest BCUT2D eigenvalue weighted by Gasteiger charge is -2.33. The number of aryl methyl sites for hydroxylation is 1. The number of methoxy groups -OCH3 is 1.